The molecule has 4 heterocycles. The highest BCUT2D eigenvalue weighted by molar-refractivity contribution is 6.41. The van der Waals surface area contributed by atoms with Gasteiger partial charge in [-0.2, -0.15) is 4.98 Å². The van der Waals surface area contributed by atoms with Crippen molar-refractivity contribution in [3.63, 3.8) is 0 Å². The van der Waals surface area contributed by atoms with Crippen molar-refractivity contribution in [1.29, 1.82) is 0 Å². The molecule has 5 rings (SSSR count). The zero-order valence-corrected chi connectivity index (χ0v) is 28.2. The molecule has 12 nitrogen and oxygen atoms in total. The van der Waals surface area contributed by atoms with Crippen molar-refractivity contribution in [3.05, 3.63) is 51.4 Å². The maximum absolute atomic E-state index is 14.5. The van der Waals surface area contributed by atoms with Crippen LogP contribution >= 0.6 is 23.2 Å². The molecule has 0 radical (unpaired) electrons. The van der Waals surface area contributed by atoms with Crippen LogP contribution in [-0.2, 0) is 20.9 Å². The summed E-state index contributed by atoms with van der Waals surface area (Å²) in [6, 6.07) is 2.73. The number of nitrogens with zero attached hydrogens (tertiary/aromatic N) is 5. The first kappa shape index (κ1) is 34.2. The summed E-state index contributed by atoms with van der Waals surface area (Å²) in [4.78, 5) is 52.4. The Morgan fingerprint density at radius 3 is 2.55 bits per heavy atom. The summed E-state index contributed by atoms with van der Waals surface area (Å²) < 4.78 is 18.1. The van der Waals surface area contributed by atoms with Gasteiger partial charge in [0, 0.05) is 67.8 Å². The van der Waals surface area contributed by atoms with Crippen LogP contribution in [0.2, 0.25) is 10.0 Å². The number of fused-ring (bicyclic) bond motifs is 1. The van der Waals surface area contributed by atoms with Gasteiger partial charge in [0.1, 0.15) is 17.1 Å². The molecule has 2 aliphatic heterocycles. The van der Waals surface area contributed by atoms with Gasteiger partial charge >= 0.3 is 0 Å². The van der Waals surface area contributed by atoms with Crippen molar-refractivity contribution < 1.29 is 23.8 Å². The molecule has 3 aromatic rings. The summed E-state index contributed by atoms with van der Waals surface area (Å²) in [5.74, 6) is 5.68. The number of carbonyl (C=O) groups is 2. The molecule has 2 fully saturated rings. The predicted molar refractivity (Wildman–Crippen MR) is 180 cm³/mol. The number of pyridine rings is 1. The first-order chi connectivity index (χ1) is 22.6. The largest absolute Gasteiger partial charge is 0.495 e. The number of ether oxygens (including phenoxy) is 3. The average Bonchev–Trinajstić information content (AvgIpc) is 3.49. The minimum absolute atomic E-state index is 0.0753. The van der Waals surface area contributed by atoms with Crippen LogP contribution in [0.4, 0.5) is 5.95 Å². The summed E-state index contributed by atoms with van der Waals surface area (Å²) >= 11 is 13.5. The highest BCUT2D eigenvalue weighted by atomic mass is 35.5. The molecule has 0 saturated carbocycles. The summed E-state index contributed by atoms with van der Waals surface area (Å²) in [6.45, 7) is 7.61. The fourth-order valence-electron chi connectivity index (χ4n) is 5.89. The Morgan fingerprint density at radius 2 is 1.89 bits per heavy atom. The number of anilines is 1. The number of likely N-dealkylation sites (N-methyl/N-ethyl adjacent to an activating group) is 1. The third-order valence-corrected chi connectivity index (χ3v) is 9.31. The van der Waals surface area contributed by atoms with Crippen LogP contribution in [0, 0.1) is 17.8 Å². The number of aromatic nitrogens is 3. The summed E-state index contributed by atoms with van der Waals surface area (Å²) in [7, 11) is 4.87. The Bertz CT molecular complexity index is 1810. The van der Waals surface area contributed by atoms with Crippen LogP contribution in [0.25, 0.3) is 22.2 Å². The number of hydrogen-bond acceptors (Lipinski definition) is 10. The van der Waals surface area contributed by atoms with Crippen molar-refractivity contribution in [2.24, 2.45) is 5.92 Å². The van der Waals surface area contributed by atoms with E-state index in [9.17, 15) is 14.4 Å². The lowest BCUT2D eigenvalue weighted by molar-refractivity contribution is -0.127. The number of benzene rings is 1. The Labute approximate surface area is 282 Å². The molecule has 0 aliphatic carbocycles. The van der Waals surface area contributed by atoms with Crippen molar-refractivity contribution in [2.75, 3.05) is 59.4 Å². The molecule has 2 aromatic heterocycles. The average molecular weight is 684 g/mol. The number of amides is 1. The standard InChI is InChI=1S/C33H36Cl2N6O6/c1-6-8-27(43)40-10-9-39(3)21(15-40)16-41-31-19(14-36-33(38-31)37-24-18-47-17-20(24)11-22(42)7-2)12-23(32(41)44)28-29(34)25(45-4)13-26(46-5)30(28)35/h7,12-14,20-21,24H,2,9-11,15-18H2,1,3-5H3,(H,36,37,38)/t20-,21?,24+/m0/s1. The molecule has 0 bridgehead atoms. The van der Waals surface area contributed by atoms with Crippen LogP contribution in [0.15, 0.2) is 35.8 Å². The molecule has 0 spiro atoms. The van der Waals surface area contributed by atoms with Crippen molar-refractivity contribution in [2.45, 2.75) is 32.0 Å². The van der Waals surface area contributed by atoms with E-state index in [1.54, 1.807) is 34.7 Å². The lowest BCUT2D eigenvalue weighted by Crippen LogP contribution is -2.55. The minimum Gasteiger partial charge on any atom is -0.495 e. The normalized spacial score (nSPS) is 19.6. The van der Waals surface area contributed by atoms with Gasteiger partial charge in [0.2, 0.25) is 5.95 Å². The van der Waals surface area contributed by atoms with Gasteiger partial charge in [0.25, 0.3) is 11.5 Å². The molecule has 3 atom stereocenters. The zero-order chi connectivity index (χ0) is 33.8. The number of halogens is 2. The van der Waals surface area contributed by atoms with Gasteiger partial charge in [-0.05, 0) is 32.0 Å². The Hall–Kier alpha value is -4.15. The van der Waals surface area contributed by atoms with Crippen LogP contribution in [0.1, 0.15) is 13.3 Å². The molecule has 1 unspecified atom stereocenters. The van der Waals surface area contributed by atoms with E-state index in [1.165, 1.54) is 20.3 Å². The molecule has 2 saturated heterocycles. The first-order valence-corrected chi connectivity index (χ1v) is 15.8. The minimum atomic E-state index is -0.412. The Kier molecular flexibility index (Phi) is 10.7. The molecule has 1 aromatic carbocycles. The van der Waals surface area contributed by atoms with Gasteiger partial charge < -0.3 is 24.4 Å². The predicted octanol–water partition coefficient (Wildman–Crippen LogP) is 3.52. The molecule has 47 heavy (non-hydrogen) atoms. The van der Waals surface area contributed by atoms with Gasteiger partial charge in [-0.3, -0.25) is 23.9 Å². The van der Waals surface area contributed by atoms with Crippen molar-refractivity contribution >= 4 is 51.9 Å². The molecule has 1 N–H and O–H groups in total. The molecule has 2 aliphatic rings. The molecular formula is C33H36Cl2N6O6. The lowest BCUT2D eigenvalue weighted by Gasteiger charge is -2.39. The summed E-state index contributed by atoms with van der Waals surface area (Å²) in [5.41, 5.74) is 0.396. The fourth-order valence-corrected chi connectivity index (χ4v) is 6.59. The first-order valence-electron chi connectivity index (χ1n) is 15.0. The molecule has 1 amide bonds. The number of carbonyl (C=O) groups excluding carboxylic acids is 2. The Morgan fingerprint density at radius 1 is 1.17 bits per heavy atom. The summed E-state index contributed by atoms with van der Waals surface area (Å²) in [5, 5.41) is 4.13. The van der Waals surface area contributed by atoms with Crippen molar-refractivity contribution in [3.8, 4) is 34.5 Å². The lowest BCUT2D eigenvalue weighted by atomic mass is 9.97. The highest BCUT2D eigenvalue weighted by Crippen LogP contribution is 2.45. The number of hydrogen-bond donors (Lipinski definition) is 1. The van der Waals surface area contributed by atoms with E-state index in [0.717, 1.165) is 0 Å². The fraction of sp³-hybridized carbons (Fsp3) is 0.424. The number of methoxy groups -OCH3 is 2. The van der Waals surface area contributed by atoms with Gasteiger partial charge in [-0.1, -0.05) is 35.7 Å². The number of allylic oxidation sites excluding steroid dienone is 1. The third-order valence-electron chi connectivity index (χ3n) is 8.56. The summed E-state index contributed by atoms with van der Waals surface area (Å²) in [6.07, 6.45) is 3.20. The Balaban J connectivity index is 1.64. The van der Waals surface area contributed by atoms with Crippen LogP contribution in [-0.4, -0.2) is 102 Å². The zero-order valence-electron chi connectivity index (χ0n) is 26.6. The third kappa shape index (κ3) is 7.09. The SMILES string of the molecule is C=CC(=O)C[C@H]1COC[C@H]1Nc1ncc2cc(-c3c(Cl)c(OC)cc(OC)c3Cl)c(=O)n(CC3CN(C(=O)C#CC)CCN3C)c2n1. The van der Waals surface area contributed by atoms with Gasteiger partial charge in [0.15, 0.2) is 5.78 Å². The molecular weight excluding hydrogens is 647 g/mol. The van der Waals surface area contributed by atoms with E-state index in [1.807, 2.05) is 7.05 Å². The van der Waals surface area contributed by atoms with E-state index in [4.69, 9.17) is 42.4 Å². The number of piperazine rings is 1. The van der Waals surface area contributed by atoms with Crippen LogP contribution in [0.3, 0.4) is 0 Å². The van der Waals surface area contributed by atoms with E-state index < -0.39 is 5.56 Å². The number of ketones is 1. The number of nitrogens with one attached hydrogen (secondary N) is 1. The van der Waals surface area contributed by atoms with Crippen LogP contribution in [0.5, 0.6) is 11.5 Å². The van der Waals surface area contributed by atoms with E-state index in [0.29, 0.717) is 43.9 Å². The van der Waals surface area contributed by atoms with E-state index in [-0.39, 0.29) is 81.3 Å². The second-order valence-electron chi connectivity index (χ2n) is 11.4. The van der Waals surface area contributed by atoms with Gasteiger partial charge in [0.05, 0.1) is 49.1 Å². The monoisotopic (exact) mass is 682 g/mol. The van der Waals surface area contributed by atoms with E-state index >= 15 is 0 Å². The second kappa shape index (κ2) is 14.7. The topological polar surface area (TPSA) is 128 Å². The highest BCUT2D eigenvalue weighted by Gasteiger charge is 2.32. The number of rotatable bonds is 10. The smallest absolute Gasteiger partial charge is 0.298 e. The maximum atomic E-state index is 14.5. The second-order valence-corrected chi connectivity index (χ2v) is 12.2. The van der Waals surface area contributed by atoms with Gasteiger partial charge in [-0.25, -0.2) is 4.98 Å². The van der Waals surface area contributed by atoms with Crippen molar-refractivity contribution in [1.82, 2.24) is 24.3 Å². The maximum Gasteiger partial charge on any atom is 0.298 e. The van der Waals surface area contributed by atoms with Gasteiger partial charge in [-0.15, -0.1) is 0 Å². The molecule has 248 valence electrons. The van der Waals surface area contributed by atoms with E-state index in [2.05, 4.69) is 33.6 Å². The molecule has 14 heteroatoms. The van der Waals surface area contributed by atoms with Crippen LogP contribution < -0.4 is 20.3 Å². The quantitative estimate of drug-likeness (QED) is 0.251.